The second-order valence-electron chi connectivity index (χ2n) is 3.66. The van der Waals surface area contributed by atoms with E-state index < -0.39 is 11.4 Å². The molecular weight excluding hydrogens is 179 g/mol. The molecule has 76 valence electrons. The largest absolute Gasteiger partial charge is 0.383 e. The van der Waals surface area contributed by atoms with Crippen LogP contribution in [0, 0.1) is 0 Å². The van der Waals surface area contributed by atoms with Crippen molar-refractivity contribution in [3.63, 3.8) is 0 Å². The minimum atomic E-state index is -1.41. The Hall–Kier alpha value is -1.15. The molecule has 0 aliphatic carbocycles. The van der Waals surface area contributed by atoms with Gasteiger partial charge in [-0.25, -0.2) is 4.39 Å². The Morgan fingerprint density at radius 3 is 2.50 bits per heavy atom. The number of aliphatic hydroxyl groups is 1. The summed E-state index contributed by atoms with van der Waals surface area (Å²) < 4.78 is 12.7. The molecule has 14 heavy (non-hydrogen) atoms. The van der Waals surface area contributed by atoms with Crippen molar-refractivity contribution in [2.75, 3.05) is 0 Å². The normalized spacial score (nSPS) is 14.8. The van der Waals surface area contributed by atoms with E-state index in [9.17, 15) is 9.50 Å². The first-order valence-corrected chi connectivity index (χ1v) is 4.63. The molecule has 1 nitrogen and oxygen atoms in total. The second kappa shape index (κ2) is 4.38. The number of benzene rings is 1. The van der Waals surface area contributed by atoms with Crippen molar-refractivity contribution in [3.8, 4) is 0 Å². The van der Waals surface area contributed by atoms with Gasteiger partial charge in [-0.15, -0.1) is 0 Å². The molecule has 0 bridgehead atoms. The monoisotopic (exact) mass is 194 g/mol. The molecular formula is C12H15FO. The highest BCUT2D eigenvalue weighted by atomic mass is 19.1. The van der Waals surface area contributed by atoms with Crippen molar-refractivity contribution in [1.29, 1.82) is 0 Å². The van der Waals surface area contributed by atoms with E-state index >= 15 is 0 Å². The van der Waals surface area contributed by atoms with E-state index in [4.69, 9.17) is 0 Å². The summed E-state index contributed by atoms with van der Waals surface area (Å²) in [5, 5.41) is 9.58. The fourth-order valence-electron chi connectivity index (χ4n) is 1.17. The van der Waals surface area contributed by atoms with Crippen molar-refractivity contribution < 1.29 is 9.50 Å². The molecule has 0 radical (unpaired) electrons. The van der Waals surface area contributed by atoms with Gasteiger partial charge in [0.15, 0.2) is 0 Å². The summed E-state index contributed by atoms with van der Waals surface area (Å²) in [6.07, 6.45) is 1.00. The van der Waals surface area contributed by atoms with E-state index in [1.54, 1.807) is 0 Å². The average Bonchev–Trinajstić information content (AvgIpc) is 2.16. The van der Waals surface area contributed by atoms with Crippen LogP contribution in [0.15, 0.2) is 42.7 Å². The minimum Gasteiger partial charge on any atom is -0.383 e. The van der Waals surface area contributed by atoms with Gasteiger partial charge in [-0.2, -0.15) is 0 Å². The smallest absolute Gasteiger partial charge is 0.124 e. The van der Waals surface area contributed by atoms with E-state index in [1.165, 1.54) is 6.92 Å². The van der Waals surface area contributed by atoms with Crippen LogP contribution in [0.25, 0.3) is 0 Å². The summed E-state index contributed by atoms with van der Waals surface area (Å²) in [4.78, 5) is 0. The van der Waals surface area contributed by atoms with Crippen LogP contribution in [0.4, 0.5) is 4.39 Å². The first-order chi connectivity index (χ1) is 6.52. The molecule has 0 saturated heterocycles. The van der Waals surface area contributed by atoms with Crippen LogP contribution in [0.1, 0.15) is 18.9 Å². The maximum atomic E-state index is 12.7. The summed E-state index contributed by atoms with van der Waals surface area (Å²) in [6, 6.07) is 9.69. The maximum absolute atomic E-state index is 12.7. The summed E-state index contributed by atoms with van der Waals surface area (Å²) in [7, 11) is 0. The van der Waals surface area contributed by atoms with E-state index in [-0.39, 0.29) is 0 Å². The van der Waals surface area contributed by atoms with Gasteiger partial charge in [-0.3, -0.25) is 0 Å². The molecule has 0 amide bonds. The van der Waals surface area contributed by atoms with Crippen LogP contribution >= 0.6 is 0 Å². The Morgan fingerprint density at radius 2 is 2.00 bits per heavy atom. The zero-order valence-electron chi connectivity index (χ0n) is 8.33. The molecule has 1 aromatic carbocycles. The summed E-state index contributed by atoms with van der Waals surface area (Å²) in [6.45, 7) is 4.57. The number of rotatable bonds is 4. The van der Waals surface area contributed by atoms with Crippen LogP contribution in [-0.4, -0.2) is 10.7 Å². The molecule has 0 saturated carbocycles. The van der Waals surface area contributed by atoms with Crippen molar-refractivity contribution in [2.24, 2.45) is 0 Å². The van der Waals surface area contributed by atoms with Crippen LogP contribution in [0.5, 0.6) is 0 Å². The predicted octanol–water partition coefficient (Wildman–Crippen LogP) is 2.85. The first kappa shape index (κ1) is 10.9. The minimum absolute atomic E-state index is 0.354. The van der Waals surface area contributed by atoms with Gasteiger partial charge >= 0.3 is 0 Å². The Morgan fingerprint density at radius 1 is 1.43 bits per heavy atom. The third-order valence-electron chi connectivity index (χ3n) is 2.33. The fraction of sp³-hybridized carbons (Fsp3) is 0.333. The highest BCUT2D eigenvalue weighted by Crippen LogP contribution is 2.22. The van der Waals surface area contributed by atoms with Gasteiger partial charge in [0, 0.05) is 0 Å². The van der Waals surface area contributed by atoms with Crippen molar-refractivity contribution >= 4 is 0 Å². The Labute approximate surface area is 83.9 Å². The van der Waals surface area contributed by atoms with E-state index in [1.807, 2.05) is 30.3 Å². The van der Waals surface area contributed by atoms with Gasteiger partial charge in [0.05, 0.1) is 0 Å². The molecule has 0 fully saturated rings. The summed E-state index contributed by atoms with van der Waals surface area (Å²) in [5.74, 6) is -0.673. The van der Waals surface area contributed by atoms with Crippen LogP contribution in [-0.2, 0) is 6.42 Å². The lowest BCUT2D eigenvalue weighted by Gasteiger charge is -2.20. The Balaban J connectivity index is 2.53. The molecule has 0 aliphatic rings. The SMILES string of the molecule is C=C(F)C(C)(O)CCc1ccccc1. The topological polar surface area (TPSA) is 20.2 Å². The third kappa shape index (κ3) is 2.96. The average molecular weight is 194 g/mol. The lowest BCUT2D eigenvalue weighted by Crippen LogP contribution is -2.25. The molecule has 1 rings (SSSR count). The van der Waals surface area contributed by atoms with Gasteiger partial charge in [-0.1, -0.05) is 36.9 Å². The standard InChI is InChI=1S/C12H15FO/c1-10(13)12(2,14)9-8-11-6-4-3-5-7-11/h3-7,14H,1,8-9H2,2H3. The lowest BCUT2D eigenvalue weighted by molar-refractivity contribution is 0.0662. The van der Waals surface area contributed by atoms with Gasteiger partial charge in [0.25, 0.3) is 0 Å². The van der Waals surface area contributed by atoms with E-state index in [2.05, 4.69) is 6.58 Å². The summed E-state index contributed by atoms with van der Waals surface area (Å²) >= 11 is 0. The maximum Gasteiger partial charge on any atom is 0.124 e. The van der Waals surface area contributed by atoms with Gasteiger partial charge in [-0.05, 0) is 25.3 Å². The molecule has 0 aromatic heterocycles. The van der Waals surface area contributed by atoms with Gasteiger partial charge < -0.3 is 5.11 Å². The Kier molecular flexibility index (Phi) is 3.42. The van der Waals surface area contributed by atoms with Crippen molar-refractivity contribution in [2.45, 2.75) is 25.4 Å². The van der Waals surface area contributed by atoms with E-state index in [0.29, 0.717) is 12.8 Å². The highest BCUT2D eigenvalue weighted by Gasteiger charge is 2.23. The van der Waals surface area contributed by atoms with Gasteiger partial charge in [0.1, 0.15) is 11.4 Å². The molecule has 1 atom stereocenters. The highest BCUT2D eigenvalue weighted by molar-refractivity contribution is 5.16. The zero-order valence-corrected chi connectivity index (χ0v) is 8.33. The fourth-order valence-corrected chi connectivity index (χ4v) is 1.17. The molecule has 1 unspecified atom stereocenters. The number of hydrogen-bond donors (Lipinski definition) is 1. The first-order valence-electron chi connectivity index (χ1n) is 4.63. The lowest BCUT2D eigenvalue weighted by atomic mass is 9.96. The summed E-state index contributed by atoms with van der Waals surface area (Å²) in [5.41, 5.74) is -0.315. The van der Waals surface area contributed by atoms with Crippen molar-refractivity contribution in [1.82, 2.24) is 0 Å². The van der Waals surface area contributed by atoms with Crippen LogP contribution in [0.2, 0.25) is 0 Å². The molecule has 0 spiro atoms. The Bertz CT molecular complexity index is 303. The van der Waals surface area contributed by atoms with Crippen LogP contribution in [0.3, 0.4) is 0 Å². The molecule has 2 heteroatoms. The predicted molar refractivity (Wildman–Crippen MR) is 55.6 cm³/mol. The molecule has 1 N–H and O–H groups in total. The molecule has 1 aromatic rings. The van der Waals surface area contributed by atoms with Crippen molar-refractivity contribution in [3.05, 3.63) is 48.3 Å². The van der Waals surface area contributed by atoms with E-state index in [0.717, 1.165) is 5.56 Å². The quantitative estimate of drug-likeness (QED) is 0.781. The second-order valence-corrected chi connectivity index (χ2v) is 3.66. The number of halogens is 1. The number of aryl methyl sites for hydroxylation is 1. The molecule has 0 heterocycles. The van der Waals surface area contributed by atoms with Crippen LogP contribution < -0.4 is 0 Å². The molecule has 0 aliphatic heterocycles. The number of hydrogen-bond acceptors (Lipinski definition) is 1. The third-order valence-corrected chi connectivity index (χ3v) is 2.33. The van der Waals surface area contributed by atoms with Gasteiger partial charge in [0.2, 0.25) is 0 Å². The zero-order chi connectivity index (χ0) is 10.6.